The van der Waals surface area contributed by atoms with Crippen LogP contribution in [0.4, 0.5) is 5.69 Å². The molecule has 0 aliphatic carbocycles. The second-order valence-electron chi connectivity index (χ2n) is 5.45. The minimum atomic E-state index is -0.547. The molecule has 28 heavy (non-hydrogen) atoms. The van der Waals surface area contributed by atoms with Crippen LogP contribution in [0.15, 0.2) is 60.1 Å². The van der Waals surface area contributed by atoms with Crippen molar-refractivity contribution in [2.24, 2.45) is 16.5 Å². The molecule has 0 atom stereocenters. The Balaban J connectivity index is 1.99. The molecule has 0 aromatic heterocycles. The number of hydrogen-bond acceptors (Lipinski definition) is 7. The fourth-order valence-electron chi connectivity index (χ4n) is 2.03. The van der Waals surface area contributed by atoms with Crippen LogP contribution in [0, 0.1) is 0 Å². The number of esters is 2. The molecule has 0 aliphatic rings. The molecule has 9 nitrogen and oxygen atoms in total. The van der Waals surface area contributed by atoms with Crippen molar-refractivity contribution in [3.05, 3.63) is 66.2 Å². The van der Waals surface area contributed by atoms with Crippen molar-refractivity contribution in [3.8, 4) is 5.75 Å². The molecule has 0 heterocycles. The number of rotatable bonds is 8. The van der Waals surface area contributed by atoms with Crippen LogP contribution in [0.25, 0.3) is 5.70 Å². The lowest BCUT2D eigenvalue weighted by Crippen LogP contribution is -2.21. The maximum Gasteiger partial charge on any atom is 0.343 e. The van der Waals surface area contributed by atoms with Gasteiger partial charge in [-0.15, -0.1) is 0 Å². The smallest absolute Gasteiger partial charge is 0.343 e. The number of ether oxygens (including phenoxy) is 2. The van der Waals surface area contributed by atoms with E-state index in [0.29, 0.717) is 28.3 Å². The lowest BCUT2D eigenvalue weighted by Gasteiger charge is -2.11. The lowest BCUT2D eigenvalue weighted by atomic mass is 10.1. The van der Waals surface area contributed by atoms with Gasteiger partial charge in [0.2, 0.25) is 0 Å². The SMILES string of the molecule is C=C(NOCC(=O)OC)c1cccc(OC(=O)c2ccc(N=C(N)N)cc2)c1. The maximum atomic E-state index is 12.3. The molecule has 5 N–H and O–H groups in total. The minimum Gasteiger partial charge on any atom is -0.467 e. The van der Waals surface area contributed by atoms with Crippen LogP contribution in [0.1, 0.15) is 15.9 Å². The molecular weight excluding hydrogens is 364 g/mol. The molecular formula is C19H20N4O5. The van der Waals surface area contributed by atoms with Crippen molar-refractivity contribution in [3.63, 3.8) is 0 Å². The molecule has 0 unspecified atom stereocenters. The van der Waals surface area contributed by atoms with Crippen LogP contribution in [0.2, 0.25) is 0 Å². The summed E-state index contributed by atoms with van der Waals surface area (Å²) >= 11 is 0. The average Bonchev–Trinajstić information content (AvgIpc) is 2.68. The highest BCUT2D eigenvalue weighted by molar-refractivity contribution is 5.91. The Morgan fingerprint density at radius 2 is 1.82 bits per heavy atom. The van der Waals surface area contributed by atoms with E-state index in [9.17, 15) is 9.59 Å². The zero-order chi connectivity index (χ0) is 20.5. The summed E-state index contributed by atoms with van der Waals surface area (Å²) < 4.78 is 9.82. The Kier molecular flexibility index (Phi) is 7.12. The fourth-order valence-corrected chi connectivity index (χ4v) is 2.03. The second kappa shape index (κ2) is 9.74. The van der Waals surface area contributed by atoms with E-state index in [1.807, 2.05) is 0 Å². The van der Waals surface area contributed by atoms with Crippen LogP contribution < -0.4 is 21.7 Å². The van der Waals surface area contributed by atoms with Gasteiger partial charge in [-0.2, -0.15) is 0 Å². The summed E-state index contributed by atoms with van der Waals surface area (Å²) in [4.78, 5) is 32.2. The van der Waals surface area contributed by atoms with Crippen LogP contribution in [-0.2, 0) is 14.4 Å². The topological polar surface area (TPSA) is 138 Å². The highest BCUT2D eigenvalue weighted by Gasteiger charge is 2.10. The normalized spacial score (nSPS) is 9.89. The number of benzene rings is 2. The number of nitrogens with two attached hydrogens (primary N) is 2. The molecule has 2 rings (SSSR count). The average molecular weight is 384 g/mol. The van der Waals surface area contributed by atoms with Gasteiger partial charge >= 0.3 is 11.9 Å². The third kappa shape index (κ3) is 6.15. The summed E-state index contributed by atoms with van der Waals surface area (Å²) in [7, 11) is 1.26. The minimum absolute atomic E-state index is 0.0726. The van der Waals surface area contributed by atoms with Gasteiger partial charge in [0.1, 0.15) is 5.75 Å². The zero-order valence-corrected chi connectivity index (χ0v) is 15.2. The Bertz CT molecular complexity index is 889. The highest BCUT2D eigenvalue weighted by atomic mass is 16.7. The first-order chi connectivity index (χ1) is 13.4. The number of aliphatic imine (C=N–C) groups is 1. The molecule has 0 bridgehead atoms. The van der Waals surface area contributed by atoms with Gasteiger partial charge in [0, 0.05) is 5.56 Å². The number of carbonyl (C=O) groups excluding carboxylic acids is 2. The van der Waals surface area contributed by atoms with Gasteiger partial charge < -0.3 is 20.9 Å². The molecule has 2 aromatic rings. The fraction of sp³-hybridized carbons (Fsp3) is 0.105. The predicted molar refractivity (Wildman–Crippen MR) is 103 cm³/mol. The summed E-state index contributed by atoms with van der Waals surface area (Å²) in [5, 5.41) is 0. The van der Waals surface area contributed by atoms with E-state index in [2.05, 4.69) is 21.8 Å². The summed E-state index contributed by atoms with van der Waals surface area (Å²) in [6.45, 7) is 3.52. The molecule has 0 fully saturated rings. The number of guanidine groups is 1. The molecule has 0 aliphatic heterocycles. The summed E-state index contributed by atoms with van der Waals surface area (Å²) in [6.07, 6.45) is 0. The second-order valence-corrected chi connectivity index (χ2v) is 5.45. The molecule has 146 valence electrons. The van der Waals surface area contributed by atoms with E-state index in [1.54, 1.807) is 48.5 Å². The molecule has 0 saturated carbocycles. The van der Waals surface area contributed by atoms with Crippen molar-refractivity contribution in [2.75, 3.05) is 13.7 Å². The van der Waals surface area contributed by atoms with Crippen LogP contribution in [-0.4, -0.2) is 31.6 Å². The van der Waals surface area contributed by atoms with Gasteiger partial charge in [-0.3, -0.25) is 10.3 Å². The Hall–Kier alpha value is -3.85. The van der Waals surface area contributed by atoms with E-state index in [1.165, 1.54) is 7.11 Å². The standard InChI is InChI=1S/C19H20N4O5/c1-12(23-27-11-17(24)26-2)14-4-3-5-16(10-14)28-18(25)13-6-8-15(9-7-13)22-19(20)21/h3-10,23H,1,11H2,2H3,(H4,20,21,22). The third-order valence-corrected chi connectivity index (χ3v) is 3.37. The van der Waals surface area contributed by atoms with Crippen LogP contribution in [0.3, 0.4) is 0 Å². The van der Waals surface area contributed by atoms with E-state index in [-0.39, 0.29) is 12.6 Å². The molecule has 0 radical (unpaired) electrons. The Morgan fingerprint density at radius 1 is 1.11 bits per heavy atom. The lowest BCUT2D eigenvalue weighted by molar-refractivity contribution is -0.147. The van der Waals surface area contributed by atoms with E-state index in [0.717, 1.165) is 0 Å². The number of hydroxylamine groups is 1. The summed E-state index contributed by atoms with van der Waals surface area (Å²) in [5.41, 5.74) is 15.0. The van der Waals surface area contributed by atoms with E-state index in [4.69, 9.17) is 21.0 Å². The quantitative estimate of drug-likeness (QED) is 0.204. The zero-order valence-electron chi connectivity index (χ0n) is 15.2. The molecule has 0 saturated heterocycles. The first kappa shape index (κ1) is 20.5. The first-order valence-corrected chi connectivity index (χ1v) is 8.05. The number of nitrogens with one attached hydrogen (secondary N) is 1. The Morgan fingerprint density at radius 3 is 2.46 bits per heavy atom. The Labute approximate surface area is 161 Å². The van der Waals surface area contributed by atoms with Gasteiger partial charge in [-0.25, -0.2) is 14.6 Å². The van der Waals surface area contributed by atoms with Crippen molar-refractivity contribution in [2.45, 2.75) is 0 Å². The number of methoxy groups -OCH3 is 1. The number of nitrogens with zero attached hydrogens (tertiary/aromatic N) is 1. The van der Waals surface area contributed by atoms with Gasteiger partial charge in [0.05, 0.1) is 24.1 Å². The van der Waals surface area contributed by atoms with Crippen molar-refractivity contribution in [1.29, 1.82) is 0 Å². The number of carbonyl (C=O) groups is 2. The predicted octanol–water partition coefficient (Wildman–Crippen LogP) is 1.48. The summed E-state index contributed by atoms with van der Waals surface area (Å²) in [6, 6.07) is 12.9. The van der Waals surface area contributed by atoms with Crippen LogP contribution >= 0.6 is 0 Å². The first-order valence-electron chi connectivity index (χ1n) is 8.05. The van der Waals surface area contributed by atoms with Gasteiger partial charge in [-0.1, -0.05) is 18.7 Å². The molecule has 2 aromatic carbocycles. The van der Waals surface area contributed by atoms with Gasteiger partial charge in [-0.05, 0) is 36.4 Å². The summed E-state index contributed by atoms with van der Waals surface area (Å²) in [5.74, 6) is -0.842. The third-order valence-electron chi connectivity index (χ3n) is 3.37. The largest absolute Gasteiger partial charge is 0.467 e. The monoisotopic (exact) mass is 384 g/mol. The highest BCUT2D eigenvalue weighted by Crippen LogP contribution is 2.20. The molecule has 0 spiro atoms. The van der Waals surface area contributed by atoms with Crippen LogP contribution in [0.5, 0.6) is 5.75 Å². The number of hydrogen-bond donors (Lipinski definition) is 3. The maximum absolute atomic E-state index is 12.3. The van der Waals surface area contributed by atoms with Gasteiger partial charge in [0.25, 0.3) is 0 Å². The molecule has 9 heteroatoms. The van der Waals surface area contributed by atoms with Gasteiger partial charge in [0.15, 0.2) is 12.6 Å². The van der Waals surface area contributed by atoms with E-state index < -0.39 is 11.9 Å². The van der Waals surface area contributed by atoms with E-state index >= 15 is 0 Å². The molecule has 0 amide bonds. The van der Waals surface area contributed by atoms with Crippen molar-refractivity contribution < 1.29 is 23.9 Å². The van der Waals surface area contributed by atoms with Crippen molar-refractivity contribution in [1.82, 2.24) is 5.48 Å². The van der Waals surface area contributed by atoms with Crippen molar-refractivity contribution >= 4 is 29.3 Å².